The van der Waals surface area contributed by atoms with E-state index in [-0.39, 0.29) is 35.5 Å². The van der Waals surface area contributed by atoms with Gasteiger partial charge in [-0.25, -0.2) is 4.79 Å². The Morgan fingerprint density at radius 1 is 1.00 bits per heavy atom. The summed E-state index contributed by atoms with van der Waals surface area (Å²) < 4.78 is 61.1. The summed E-state index contributed by atoms with van der Waals surface area (Å²) in [6.45, 7) is 3.61. The van der Waals surface area contributed by atoms with Crippen LogP contribution in [0.4, 0.5) is 13.2 Å². The zero-order valence-corrected chi connectivity index (χ0v) is 17.7. The minimum Gasteiger partial charge on any atom is -0.462 e. The van der Waals surface area contributed by atoms with E-state index in [9.17, 15) is 27.6 Å². The fourth-order valence-electron chi connectivity index (χ4n) is 2.76. The highest BCUT2D eigenvalue weighted by molar-refractivity contribution is 5.89. The van der Waals surface area contributed by atoms with Gasteiger partial charge in [-0.2, -0.15) is 13.2 Å². The summed E-state index contributed by atoms with van der Waals surface area (Å²) in [4.78, 5) is 36.1. The van der Waals surface area contributed by atoms with Crippen LogP contribution in [0, 0.1) is 0 Å². The van der Waals surface area contributed by atoms with E-state index in [4.69, 9.17) is 18.6 Å². The van der Waals surface area contributed by atoms with Crippen molar-refractivity contribution in [2.45, 2.75) is 32.9 Å². The molecule has 0 saturated carbocycles. The van der Waals surface area contributed by atoms with Crippen molar-refractivity contribution in [1.82, 2.24) is 0 Å². The molecule has 2 aromatic carbocycles. The predicted octanol–water partition coefficient (Wildman–Crippen LogP) is 5.49. The Bertz CT molecular complexity index is 1230. The van der Waals surface area contributed by atoms with Gasteiger partial charge in [0, 0.05) is 12.5 Å². The second-order valence-electron chi connectivity index (χ2n) is 6.84. The van der Waals surface area contributed by atoms with Gasteiger partial charge in [0.1, 0.15) is 17.1 Å². The molecule has 1 heterocycles. The van der Waals surface area contributed by atoms with E-state index in [1.807, 2.05) is 6.92 Å². The Hall–Kier alpha value is -3.82. The van der Waals surface area contributed by atoms with E-state index >= 15 is 0 Å². The van der Waals surface area contributed by atoms with Crippen LogP contribution in [0.25, 0.3) is 11.0 Å². The molecule has 0 bridgehead atoms. The number of rotatable bonds is 7. The van der Waals surface area contributed by atoms with Crippen molar-refractivity contribution < 1.29 is 41.4 Å². The number of alkyl halides is 3. The van der Waals surface area contributed by atoms with E-state index < -0.39 is 40.6 Å². The molecule has 0 aliphatic rings. The Kier molecular flexibility index (Phi) is 7.05. The van der Waals surface area contributed by atoms with Gasteiger partial charge in [0.15, 0.2) is 0 Å². The Morgan fingerprint density at radius 3 is 2.27 bits per heavy atom. The third kappa shape index (κ3) is 5.51. The first-order valence-corrected chi connectivity index (χ1v) is 9.97. The van der Waals surface area contributed by atoms with Crippen molar-refractivity contribution in [3.63, 3.8) is 0 Å². The number of esters is 2. The summed E-state index contributed by atoms with van der Waals surface area (Å²) in [6, 6.07) is 8.55. The normalized spacial score (nSPS) is 11.3. The zero-order chi connectivity index (χ0) is 24.2. The molecule has 0 aliphatic heterocycles. The second-order valence-corrected chi connectivity index (χ2v) is 6.84. The number of carbonyl (C=O) groups excluding carboxylic acids is 2. The highest BCUT2D eigenvalue weighted by Crippen LogP contribution is 2.38. The van der Waals surface area contributed by atoms with Gasteiger partial charge in [0.25, 0.3) is 5.76 Å². The van der Waals surface area contributed by atoms with E-state index in [0.29, 0.717) is 6.42 Å². The van der Waals surface area contributed by atoms with Crippen LogP contribution in [0.5, 0.6) is 17.2 Å². The summed E-state index contributed by atoms with van der Waals surface area (Å²) in [6.07, 6.45) is -4.37. The van der Waals surface area contributed by atoms with Crippen molar-refractivity contribution >= 4 is 22.9 Å². The molecule has 174 valence electrons. The summed E-state index contributed by atoms with van der Waals surface area (Å²) >= 11 is 0. The third-order valence-corrected chi connectivity index (χ3v) is 4.35. The van der Waals surface area contributed by atoms with Crippen molar-refractivity contribution in [2.24, 2.45) is 0 Å². The molecule has 3 aromatic rings. The SMILES string of the molecule is CCCOC(=O)c1ccc(Oc2c(C(F)(F)F)oc3cc(OC(=O)CC)ccc3c2=O)cc1. The van der Waals surface area contributed by atoms with Crippen LogP contribution < -0.4 is 14.9 Å². The van der Waals surface area contributed by atoms with Gasteiger partial charge in [-0.05, 0) is 42.8 Å². The first-order chi connectivity index (χ1) is 15.6. The molecular weight excluding hydrogens is 445 g/mol. The van der Waals surface area contributed by atoms with Crippen molar-refractivity contribution in [3.05, 3.63) is 64.0 Å². The Balaban J connectivity index is 2.00. The van der Waals surface area contributed by atoms with Gasteiger partial charge < -0.3 is 18.6 Å². The monoisotopic (exact) mass is 464 g/mol. The van der Waals surface area contributed by atoms with Crippen LogP contribution in [0.3, 0.4) is 0 Å². The van der Waals surface area contributed by atoms with Crippen LogP contribution >= 0.6 is 0 Å². The molecule has 33 heavy (non-hydrogen) atoms. The minimum atomic E-state index is -5.05. The van der Waals surface area contributed by atoms with Gasteiger partial charge in [-0.3, -0.25) is 9.59 Å². The molecule has 0 atom stereocenters. The number of hydrogen-bond acceptors (Lipinski definition) is 7. The lowest BCUT2D eigenvalue weighted by Crippen LogP contribution is -2.15. The highest BCUT2D eigenvalue weighted by atomic mass is 19.4. The molecule has 3 rings (SSSR count). The molecule has 0 radical (unpaired) electrons. The predicted molar refractivity (Wildman–Crippen MR) is 111 cm³/mol. The van der Waals surface area contributed by atoms with Gasteiger partial charge in [-0.1, -0.05) is 13.8 Å². The smallest absolute Gasteiger partial charge is 0.453 e. The third-order valence-electron chi connectivity index (χ3n) is 4.35. The molecule has 0 spiro atoms. The number of ether oxygens (including phenoxy) is 3. The molecule has 7 nitrogen and oxygen atoms in total. The Labute approximate surface area is 185 Å². The molecule has 0 amide bonds. The van der Waals surface area contributed by atoms with Crippen molar-refractivity contribution in [1.29, 1.82) is 0 Å². The maximum absolute atomic E-state index is 13.7. The lowest BCUT2D eigenvalue weighted by Gasteiger charge is -2.14. The molecule has 0 N–H and O–H groups in total. The van der Waals surface area contributed by atoms with Crippen LogP contribution in [0.2, 0.25) is 0 Å². The average molecular weight is 464 g/mol. The maximum Gasteiger partial charge on any atom is 0.453 e. The number of hydrogen-bond donors (Lipinski definition) is 0. The largest absolute Gasteiger partial charge is 0.462 e. The van der Waals surface area contributed by atoms with Crippen LogP contribution in [-0.4, -0.2) is 18.5 Å². The lowest BCUT2D eigenvalue weighted by atomic mass is 10.2. The number of halogens is 3. The summed E-state index contributed by atoms with van der Waals surface area (Å²) in [5.41, 5.74) is -1.31. The van der Waals surface area contributed by atoms with Gasteiger partial charge in [-0.15, -0.1) is 0 Å². The number of carbonyl (C=O) groups is 2. The zero-order valence-electron chi connectivity index (χ0n) is 17.7. The molecule has 0 unspecified atom stereocenters. The molecule has 0 fully saturated rings. The van der Waals surface area contributed by atoms with E-state index in [2.05, 4.69) is 0 Å². The fourth-order valence-corrected chi connectivity index (χ4v) is 2.76. The minimum absolute atomic E-state index is 0.0533. The van der Waals surface area contributed by atoms with E-state index in [1.165, 1.54) is 36.4 Å². The van der Waals surface area contributed by atoms with Crippen molar-refractivity contribution in [2.75, 3.05) is 6.61 Å². The topological polar surface area (TPSA) is 92.0 Å². The maximum atomic E-state index is 13.7. The van der Waals surface area contributed by atoms with Crippen LogP contribution in [0.15, 0.2) is 51.7 Å². The van der Waals surface area contributed by atoms with Gasteiger partial charge >= 0.3 is 18.1 Å². The van der Waals surface area contributed by atoms with Gasteiger partial charge in [0.2, 0.25) is 11.2 Å². The standard InChI is InChI=1S/C23H19F3O7/c1-3-11-30-22(29)13-5-7-14(8-6-13)32-20-19(28)16-10-9-15(31-18(27)4-2)12-17(16)33-21(20)23(24,25)26/h5-10,12H,3-4,11H2,1-2H3. The fraction of sp³-hybridized carbons (Fsp3) is 0.261. The molecular formula is C23H19F3O7. The number of fused-ring (bicyclic) bond motifs is 1. The number of benzene rings is 2. The van der Waals surface area contributed by atoms with Crippen LogP contribution in [0.1, 0.15) is 42.8 Å². The summed E-state index contributed by atoms with van der Waals surface area (Å²) in [7, 11) is 0. The molecule has 10 heteroatoms. The first kappa shape index (κ1) is 23.8. The summed E-state index contributed by atoms with van der Waals surface area (Å²) in [5, 5.41) is -0.200. The average Bonchev–Trinajstić information content (AvgIpc) is 2.78. The summed E-state index contributed by atoms with van der Waals surface area (Å²) in [5.74, 6) is -4.09. The first-order valence-electron chi connectivity index (χ1n) is 9.97. The molecule has 1 aromatic heterocycles. The Morgan fingerprint density at radius 2 is 1.67 bits per heavy atom. The van der Waals surface area contributed by atoms with E-state index in [1.54, 1.807) is 6.92 Å². The highest BCUT2D eigenvalue weighted by Gasteiger charge is 2.40. The molecule has 0 aliphatic carbocycles. The van der Waals surface area contributed by atoms with E-state index in [0.717, 1.165) is 6.07 Å². The van der Waals surface area contributed by atoms with Crippen molar-refractivity contribution in [3.8, 4) is 17.2 Å². The van der Waals surface area contributed by atoms with Crippen LogP contribution in [-0.2, 0) is 15.7 Å². The lowest BCUT2D eigenvalue weighted by molar-refractivity contribution is -0.154. The second kappa shape index (κ2) is 9.76. The van der Waals surface area contributed by atoms with Gasteiger partial charge in [0.05, 0.1) is 17.6 Å². The molecule has 0 saturated heterocycles. The quantitative estimate of drug-likeness (QED) is 0.337.